The molecule has 0 saturated heterocycles. The summed E-state index contributed by atoms with van der Waals surface area (Å²) < 4.78 is 11.4. The van der Waals surface area contributed by atoms with Crippen LogP contribution in [0.2, 0.25) is 0 Å². The summed E-state index contributed by atoms with van der Waals surface area (Å²) >= 11 is 1.72. The average molecular weight is 460 g/mol. The van der Waals surface area contributed by atoms with Crippen molar-refractivity contribution in [3.8, 4) is 11.5 Å². The number of hydrogen-bond donors (Lipinski definition) is 1. The molecular formula is C24H33N3O4S. The highest BCUT2D eigenvalue weighted by Gasteiger charge is 2.34. The maximum absolute atomic E-state index is 13.4. The number of ether oxygens (including phenoxy) is 2. The lowest BCUT2D eigenvalue weighted by atomic mass is 10.0. The van der Waals surface area contributed by atoms with Crippen LogP contribution in [0.1, 0.15) is 43.7 Å². The number of nitrogens with zero attached hydrogens (tertiary/aromatic N) is 2. The number of benzene rings is 1. The average Bonchev–Trinajstić information content (AvgIpc) is 3.28. The van der Waals surface area contributed by atoms with Crippen molar-refractivity contribution in [1.29, 1.82) is 0 Å². The highest BCUT2D eigenvalue weighted by molar-refractivity contribution is 7.10. The molecule has 174 valence electrons. The minimum absolute atomic E-state index is 0.0440. The van der Waals surface area contributed by atoms with Gasteiger partial charge in [0.05, 0.1) is 13.2 Å². The molecule has 2 heterocycles. The van der Waals surface area contributed by atoms with E-state index in [0.29, 0.717) is 25.4 Å². The Bertz CT molecular complexity index is 914. The second-order valence-corrected chi connectivity index (χ2v) is 9.10. The van der Waals surface area contributed by atoms with E-state index in [-0.39, 0.29) is 30.6 Å². The smallest absolute Gasteiger partial charge is 0.318 e. The summed E-state index contributed by atoms with van der Waals surface area (Å²) in [5.41, 5.74) is 1.13. The van der Waals surface area contributed by atoms with Crippen LogP contribution < -0.4 is 14.8 Å². The van der Waals surface area contributed by atoms with E-state index in [0.717, 1.165) is 24.2 Å². The molecule has 0 radical (unpaired) electrons. The van der Waals surface area contributed by atoms with Crippen LogP contribution in [0.3, 0.4) is 0 Å². The molecule has 0 unspecified atom stereocenters. The first-order valence-electron chi connectivity index (χ1n) is 11.1. The van der Waals surface area contributed by atoms with Gasteiger partial charge >= 0.3 is 6.03 Å². The third kappa shape index (κ3) is 5.73. The lowest BCUT2D eigenvalue weighted by molar-refractivity contribution is -0.135. The van der Waals surface area contributed by atoms with Crippen LogP contribution >= 0.6 is 11.3 Å². The summed E-state index contributed by atoms with van der Waals surface area (Å²) in [6.45, 7) is 7.44. The fourth-order valence-electron chi connectivity index (χ4n) is 3.80. The number of thiophene rings is 1. The number of methoxy groups -OCH3 is 1. The molecule has 7 nitrogen and oxygen atoms in total. The van der Waals surface area contributed by atoms with E-state index in [1.165, 1.54) is 4.88 Å². The molecule has 3 amide bonds. The lowest BCUT2D eigenvalue weighted by Gasteiger charge is -2.37. The summed E-state index contributed by atoms with van der Waals surface area (Å²) in [5, 5.41) is 4.95. The van der Waals surface area contributed by atoms with E-state index >= 15 is 0 Å². The minimum Gasteiger partial charge on any atom is -0.497 e. The summed E-state index contributed by atoms with van der Waals surface area (Å²) in [4.78, 5) is 30.7. The molecular weight excluding hydrogens is 426 g/mol. The molecule has 1 aliphatic rings. The Morgan fingerprint density at radius 1 is 1.28 bits per heavy atom. The maximum atomic E-state index is 13.4. The molecule has 32 heavy (non-hydrogen) atoms. The van der Waals surface area contributed by atoms with Gasteiger partial charge in [-0.25, -0.2) is 4.79 Å². The maximum Gasteiger partial charge on any atom is 0.318 e. The predicted molar refractivity (Wildman–Crippen MR) is 126 cm³/mol. The molecule has 0 bridgehead atoms. The van der Waals surface area contributed by atoms with E-state index in [1.807, 2.05) is 49.9 Å². The first-order chi connectivity index (χ1) is 15.4. The van der Waals surface area contributed by atoms with Gasteiger partial charge in [-0.2, -0.15) is 0 Å². The Morgan fingerprint density at radius 3 is 2.78 bits per heavy atom. The fourth-order valence-corrected chi connectivity index (χ4v) is 4.73. The first-order valence-corrected chi connectivity index (χ1v) is 12.0. The van der Waals surface area contributed by atoms with Gasteiger partial charge < -0.3 is 24.6 Å². The van der Waals surface area contributed by atoms with Crippen molar-refractivity contribution in [3.63, 3.8) is 0 Å². The van der Waals surface area contributed by atoms with Crippen molar-refractivity contribution >= 4 is 23.3 Å². The molecule has 1 aliphatic heterocycles. The number of urea groups is 1. The second-order valence-electron chi connectivity index (χ2n) is 8.10. The van der Waals surface area contributed by atoms with E-state index in [9.17, 15) is 9.59 Å². The summed E-state index contributed by atoms with van der Waals surface area (Å²) in [5.74, 6) is 1.35. The molecule has 1 atom stereocenters. The highest BCUT2D eigenvalue weighted by atomic mass is 32.1. The SMILES string of the molecule is CCCNC(=O)N(CC(=O)N1CCc2sccc2[C@@H]1COc1cccc(OC)c1)C(C)C. The molecule has 0 fully saturated rings. The topological polar surface area (TPSA) is 71.1 Å². The molecule has 2 aromatic rings. The first kappa shape index (κ1) is 23.9. The van der Waals surface area contributed by atoms with E-state index in [2.05, 4.69) is 16.8 Å². The van der Waals surface area contributed by atoms with Gasteiger partial charge in [0.25, 0.3) is 0 Å². The van der Waals surface area contributed by atoms with Crippen LogP contribution in [-0.4, -0.2) is 61.1 Å². The predicted octanol–water partition coefficient (Wildman–Crippen LogP) is 4.09. The zero-order chi connectivity index (χ0) is 23.1. The third-order valence-electron chi connectivity index (χ3n) is 5.58. The molecule has 3 rings (SSSR count). The van der Waals surface area contributed by atoms with Crippen molar-refractivity contribution < 1.29 is 19.1 Å². The van der Waals surface area contributed by atoms with Crippen molar-refractivity contribution in [1.82, 2.24) is 15.1 Å². The Kier molecular flexibility index (Phi) is 8.39. The molecule has 0 saturated carbocycles. The van der Waals surface area contributed by atoms with Crippen LogP contribution in [0.25, 0.3) is 0 Å². The number of nitrogens with one attached hydrogen (secondary N) is 1. The van der Waals surface area contributed by atoms with E-state index < -0.39 is 0 Å². The van der Waals surface area contributed by atoms with Crippen LogP contribution in [-0.2, 0) is 11.2 Å². The van der Waals surface area contributed by atoms with Crippen molar-refractivity contribution in [2.75, 3.05) is 33.4 Å². The third-order valence-corrected chi connectivity index (χ3v) is 6.58. The van der Waals surface area contributed by atoms with Crippen molar-refractivity contribution in [2.24, 2.45) is 0 Å². The van der Waals surface area contributed by atoms with Crippen LogP contribution in [0, 0.1) is 0 Å². The van der Waals surface area contributed by atoms with E-state index in [4.69, 9.17) is 9.47 Å². The monoisotopic (exact) mass is 459 g/mol. The molecule has 1 N–H and O–H groups in total. The molecule has 8 heteroatoms. The standard InChI is InChI=1S/C24H33N3O4S/c1-5-11-25-24(29)27(17(2)3)15-23(28)26-12-9-22-20(10-13-32-22)21(26)16-31-19-8-6-7-18(14-19)30-4/h6-8,10,13-14,17,21H,5,9,11-12,15-16H2,1-4H3,(H,25,29)/t21-/m0/s1. The van der Waals surface area contributed by atoms with Gasteiger partial charge in [0.2, 0.25) is 5.91 Å². The summed E-state index contributed by atoms with van der Waals surface area (Å²) in [6.07, 6.45) is 1.67. The fraction of sp³-hybridized carbons (Fsp3) is 0.500. The highest BCUT2D eigenvalue weighted by Crippen LogP contribution is 2.34. The minimum atomic E-state index is -0.201. The largest absolute Gasteiger partial charge is 0.497 e. The Balaban J connectivity index is 1.75. The van der Waals surface area contributed by atoms with Gasteiger partial charge in [-0.3, -0.25) is 4.79 Å². The quantitative estimate of drug-likeness (QED) is 0.613. The van der Waals surface area contributed by atoms with E-state index in [1.54, 1.807) is 23.3 Å². The van der Waals surface area contributed by atoms with Crippen LogP contribution in [0.5, 0.6) is 11.5 Å². The molecule has 1 aromatic carbocycles. The van der Waals surface area contributed by atoms with Crippen molar-refractivity contribution in [3.05, 3.63) is 46.2 Å². The summed E-state index contributed by atoms with van der Waals surface area (Å²) in [6, 6.07) is 9.06. The zero-order valence-electron chi connectivity index (χ0n) is 19.3. The lowest BCUT2D eigenvalue weighted by Crippen LogP contribution is -2.51. The van der Waals surface area contributed by atoms with Crippen LogP contribution in [0.15, 0.2) is 35.7 Å². The zero-order valence-corrected chi connectivity index (χ0v) is 20.1. The number of rotatable bonds is 9. The Hall–Kier alpha value is -2.74. The van der Waals surface area contributed by atoms with Crippen LogP contribution in [0.4, 0.5) is 4.79 Å². The summed E-state index contributed by atoms with van der Waals surface area (Å²) in [7, 11) is 1.62. The Morgan fingerprint density at radius 2 is 2.06 bits per heavy atom. The van der Waals surface area contributed by atoms with Gasteiger partial charge in [-0.1, -0.05) is 13.0 Å². The second kappa shape index (κ2) is 11.2. The number of amides is 3. The Labute approximate surface area is 194 Å². The van der Waals surface area contributed by atoms with Gasteiger partial charge in [0, 0.05) is 30.1 Å². The van der Waals surface area contributed by atoms with Gasteiger partial charge in [-0.15, -0.1) is 11.3 Å². The molecule has 1 aromatic heterocycles. The van der Waals surface area contributed by atoms with Gasteiger partial charge in [0.15, 0.2) is 0 Å². The van der Waals surface area contributed by atoms with Crippen molar-refractivity contribution in [2.45, 2.75) is 45.7 Å². The molecule has 0 aliphatic carbocycles. The number of hydrogen-bond acceptors (Lipinski definition) is 5. The molecule has 0 spiro atoms. The number of carbonyl (C=O) groups excluding carboxylic acids is 2. The van der Waals surface area contributed by atoms with Gasteiger partial charge in [0.1, 0.15) is 24.7 Å². The normalized spacial score (nSPS) is 15.3. The van der Waals surface area contributed by atoms with Gasteiger partial charge in [-0.05, 0) is 55.8 Å². The number of carbonyl (C=O) groups is 2. The number of fused-ring (bicyclic) bond motifs is 1.